The highest BCUT2D eigenvalue weighted by Crippen LogP contribution is 2.23. The van der Waals surface area contributed by atoms with Gasteiger partial charge in [-0.1, -0.05) is 15.9 Å². The summed E-state index contributed by atoms with van der Waals surface area (Å²) in [4.78, 5) is 23.2. The molecule has 0 amide bonds. The molecule has 0 saturated heterocycles. The van der Waals surface area contributed by atoms with Crippen molar-refractivity contribution in [2.75, 3.05) is 0 Å². The zero-order valence-electron chi connectivity index (χ0n) is 6.18. The zero-order chi connectivity index (χ0) is 10.0. The highest BCUT2D eigenvalue weighted by molar-refractivity contribution is 9.10. The van der Waals surface area contributed by atoms with E-state index in [0.717, 1.165) is 6.07 Å². The molecule has 1 rings (SSSR count). The van der Waals surface area contributed by atoms with Crippen molar-refractivity contribution in [1.82, 2.24) is 4.98 Å². The SMILES string of the molecule is O=Cc1cc(Br)c(C(F)F)c(=O)[nH]1. The van der Waals surface area contributed by atoms with Gasteiger partial charge >= 0.3 is 0 Å². The molecule has 0 aliphatic rings. The molecular weight excluding hydrogens is 248 g/mol. The van der Waals surface area contributed by atoms with Crippen LogP contribution in [0.1, 0.15) is 22.5 Å². The minimum atomic E-state index is -2.86. The van der Waals surface area contributed by atoms with Crippen LogP contribution < -0.4 is 5.56 Å². The highest BCUT2D eigenvalue weighted by Gasteiger charge is 2.16. The lowest BCUT2D eigenvalue weighted by atomic mass is 10.2. The maximum absolute atomic E-state index is 12.2. The van der Waals surface area contributed by atoms with Crippen molar-refractivity contribution in [2.45, 2.75) is 6.43 Å². The van der Waals surface area contributed by atoms with Gasteiger partial charge in [-0.05, 0) is 6.07 Å². The third-order valence-electron chi connectivity index (χ3n) is 1.39. The fraction of sp³-hybridized carbons (Fsp3) is 0.143. The van der Waals surface area contributed by atoms with E-state index >= 15 is 0 Å². The van der Waals surface area contributed by atoms with Gasteiger partial charge in [0.05, 0.1) is 11.3 Å². The predicted octanol–water partition coefficient (Wildman–Crippen LogP) is 1.89. The molecule has 6 heteroatoms. The molecule has 1 N–H and O–H groups in total. The number of halogens is 3. The fourth-order valence-electron chi connectivity index (χ4n) is 0.824. The average molecular weight is 252 g/mol. The number of rotatable bonds is 2. The summed E-state index contributed by atoms with van der Waals surface area (Å²) >= 11 is 2.78. The summed E-state index contributed by atoms with van der Waals surface area (Å²) in [5.74, 6) is 0. The molecule has 0 saturated carbocycles. The lowest BCUT2D eigenvalue weighted by Crippen LogP contribution is -2.15. The smallest absolute Gasteiger partial charge is 0.270 e. The lowest BCUT2D eigenvalue weighted by molar-refractivity contribution is 0.111. The molecule has 1 heterocycles. The van der Waals surface area contributed by atoms with Crippen LogP contribution in [-0.2, 0) is 0 Å². The predicted molar refractivity (Wildman–Crippen MR) is 45.1 cm³/mol. The molecule has 0 bridgehead atoms. The monoisotopic (exact) mass is 251 g/mol. The number of nitrogens with one attached hydrogen (secondary N) is 1. The fourth-order valence-corrected chi connectivity index (χ4v) is 1.42. The van der Waals surface area contributed by atoms with Crippen LogP contribution in [0.3, 0.4) is 0 Å². The molecule has 70 valence electrons. The van der Waals surface area contributed by atoms with Crippen molar-refractivity contribution in [1.29, 1.82) is 0 Å². The molecular formula is C7H4BrF2NO2. The van der Waals surface area contributed by atoms with Crippen LogP contribution in [0.2, 0.25) is 0 Å². The molecule has 0 spiro atoms. The van der Waals surface area contributed by atoms with Gasteiger partial charge in [-0.15, -0.1) is 0 Å². The number of aldehydes is 1. The Hall–Kier alpha value is -1.04. The molecule has 0 unspecified atom stereocenters. The molecule has 0 atom stereocenters. The van der Waals surface area contributed by atoms with Crippen LogP contribution in [0.4, 0.5) is 8.78 Å². The Labute approximate surface area is 79.9 Å². The summed E-state index contributed by atoms with van der Waals surface area (Å²) in [5, 5.41) is 0. The summed E-state index contributed by atoms with van der Waals surface area (Å²) in [7, 11) is 0. The van der Waals surface area contributed by atoms with Gasteiger partial charge < -0.3 is 4.98 Å². The Morgan fingerprint density at radius 1 is 1.54 bits per heavy atom. The van der Waals surface area contributed by atoms with E-state index in [9.17, 15) is 18.4 Å². The third kappa shape index (κ3) is 2.00. The van der Waals surface area contributed by atoms with E-state index in [-0.39, 0.29) is 10.2 Å². The van der Waals surface area contributed by atoms with Crippen LogP contribution in [0.25, 0.3) is 0 Å². The van der Waals surface area contributed by atoms with Gasteiger partial charge in [0.25, 0.3) is 12.0 Å². The summed E-state index contributed by atoms with van der Waals surface area (Å²) < 4.78 is 24.3. The minimum absolute atomic E-state index is 0.0405. The normalized spacial score (nSPS) is 10.5. The molecule has 3 nitrogen and oxygen atoms in total. The van der Waals surface area contributed by atoms with Crippen LogP contribution in [0.15, 0.2) is 15.3 Å². The topological polar surface area (TPSA) is 49.9 Å². The summed E-state index contributed by atoms with van der Waals surface area (Å²) in [6.07, 6.45) is -2.49. The molecule has 0 aliphatic heterocycles. The van der Waals surface area contributed by atoms with Crippen LogP contribution in [0.5, 0.6) is 0 Å². The largest absolute Gasteiger partial charge is 0.319 e. The number of alkyl halides is 2. The Kier molecular flexibility index (Phi) is 2.92. The van der Waals surface area contributed by atoms with Crippen molar-refractivity contribution in [3.8, 4) is 0 Å². The third-order valence-corrected chi connectivity index (χ3v) is 2.04. The minimum Gasteiger partial charge on any atom is -0.319 e. The van der Waals surface area contributed by atoms with Crippen LogP contribution in [0, 0.1) is 0 Å². The Morgan fingerprint density at radius 2 is 2.15 bits per heavy atom. The second-order valence-electron chi connectivity index (χ2n) is 2.23. The molecule has 13 heavy (non-hydrogen) atoms. The van der Waals surface area contributed by atoms with Crippen molar-refractivity contribution < 1.29 is 13.6 Å². The molecule has 1 aromatic heterocycles. The maximum atomic E-state index is 12.2. The summed E-state index contributed by atoms with van der Waals surface area (Å²) in [6.45, 7) is 0. The number of hydrogen-bond acceptors (Lipinski definition) is 2. The van der Waals surface area contributed by atoms with Gasteiger partial charge in [0.2, 0.25) is 0 Å². The summed E-state index contributed by atoms with van der Waals surface area (Å²) in [6, 6.07) is 1.13. The van der Waals surface area contributed by atoms with Crippen LogP contribution >= 0.6 is 15.9 Å². The first-order valence-electron chi connectivity index (χ1n) is 3.22. The van der Waals surface area contributed by atoms with Crippen molar-refractivity contribution in [3.05, 3.63) is 32.2 Å². The van der Waals surface area contributed by atoms with E-state index in [1.165, 1.54) is 0 Å². The first-order valence-corrected chi connectivity index (χ1v) is 4.01. The molecule has 0 fully saturated rings. The standard InChI is InChI=1S/C7H4BrF2NO2/c8-4-1-3(2-12)11-7(13)5(4)6(9)10/h1-2,6H,(H,11,13). The van der Waals surface area contributed by atoms with Crippen molar-refractivity contribution in [2.24, 2.45) is 0 Å². The Balaban J connectivity index is 3.40. The second kappa shape index (κ2) is 3.78. The lowest BCUT2D eigenvalue weighted by Gasteiger charge is -2.01. The van der Waals surface area contributed by atoms with Crippen molar-refractivity contribution in [3.63, 3.8) is 0 Å². The molecule has 0 aromatic carbocycles. The van der Waals surface area contributed by atoms with Gasteiger partial charge in [-0.3, -0.25) is 9.59 Å². The van der Waals surface area contributed by atoms with E-state index in [2.05, 4.69) is 15.9 Å². The van der Waals surface area contributed by atoms with E-state index in [1.54, 1.807) is 0 Å². The van der Waals surface area contributed by atoms with Gasteiger partial charge in [0.1, 0.15) is 0 Å². The number of carbonyl (C=O) groups is 1. The number of hydrogen-bond donors (Lipinski definition) is 1. The van der Waals surface area contributed by atoms with Gasteiger partial charge in [0, 0.05) is 4.47 Å². The van der Waals surface area contributed by atoms with E-state index < -0.39 is 17.5 Å². The highest BCUT2D eigenvalue weighted by atomic mass is 79.9. The maximum Gasteiger partial charge on any atom is 0.270 e. The summed E-state index contributed by atoms with van der Waals surface area (Å²) in [5.41, 5.74) is -1.65. The van der Waals surface area contributed by atoms with E-state index in [4.69, 9.17) is 0 Å². The van der Waals surface area contributed by atoms with Crippen molar-refractivity contribution >= 4 is 22.2 Å². The number of carbonyl (C=O) groups excluding carboxylic acids is 1. The van der Waals surface area contributed by atoms with Gasteiger partial charge in [-0.25, -0.2) is 8.78 Å². The second-order valence-corrected chi connectivity index (χ2v) is 3.09. The first kappa shape index (κ1) is 10.0. The van der Waals surface area contributed by atoms with Gasteiger partial charge in [0.15, 0.2) is 6.29 Å². The Bertz CT molecular complexity index is 389. The number of H-pyrrole nitrogens is 1. The quantitative estimate of drug-likeness (QED) is 0.817. The number of aromatic nitrogens is 1. The van der Waals surface area contributed by atoms with Crippen LogP contribution in [-0.4, -0.2) is 11.3 Å². The van der Waals surface area contributed by atoms with Gasteiger partial charge in [-0.2, -0.15) is 0 Å². The Morgan fingerprint density at radius 3 is 2.54 bits per heavy atom. The molecule has 0 aliphatic carbocycles. The first-order chi connectivity index (χ1) is 6.06. The molecule has 1 aromatic rings. The molecule has 0 radical (unpaired) electrons. The average Bonchev–Trinajstić information content (AvgIpc) is 2.02. The van der Waals surface area contributed by atoms with E-state index in [1.807, 2.05) is 4.98 Å². The van der Waals surface area contributed by atoms with E-state index in [0.29, 0.717) is 6.29 Å². The zero-order valence-corrected chi connectivity index (χ0v) is 7.77. The number of aromatic amines is 1. The number of pyridine rings is 1.